The molecule has 0 spiro atoms. The van der Waals surface area contributed by atoms with Gasteiger partial charge in [-0.1, -0.05) is 18.2 Å². The van der Waals surface area contributed by atoms with Crippen molar-refractivity contribution in [1.82, 2.24) is 14.3 Å². The summed E-state index contributed by atoms with van der Waals surface area (Å²) in [6, 6.07) is 13.5. The van der Waals surface area contributed by atoms with Gasteiger partial charge in [0.2, 0.25) is 0 Å². The van der Waals surface area contributed by atoms with Gasteiger partial charge in [-0.3, -0.25) is 4.79 Å². The maximum absolute atomic E-state index is 11.3. The van der Waals surface area contributed by atoms with Gasteiger partial charge in [0.25, 0.3) is 0 Å². The first-order valence-electron chi connectivity index (χ1n) is 6.68. The van der Waals surface area contributed by atoms with E-state index in [2.05, 4.69) is 5.10 Å². The average molecular weight is 281 g/mol. The Morgan fingerprint density at radius 3 is 2.43 bits per heavy atom. The summed E-state index contributed by atoms with van der Waals surface area (Å²) in [4.78, 5) is 11.3. The maximum atomic E-state index is 11.3. The van der Waals surface area contributed by atoms with Gasteiger partial charge in [-0.05, 0) is 31.2 Å². The van der Waals surface area contributed by atoms with Gasteiger partial charge in [-0.15, -0.1) is 0 Å². The summed E-state index contributed by atoms with van der Waals surface area (Å²) in [6.45, 7) is 1.67. The summed E-state index contributed by atoms with van der Waals surface area (Å²) in [5.74, 6) is -0.739. The van der Waals surface area contributed by atoms with Crippen LogP contribution in [0.25, 0.3) is 11.5 Å². The molecule has 0 bridgehead atoms. The van der Waals surface area contributed by atoms with E-state index in [-0.39, 0.29) is 0 Å². The zero-order chi connectivity index (χ0) is 14.8. The maximum Gasteiger partial charge on any atom is 0.310 e. The molecular weight excluding hydrogens is 266 g/mol. The van der Waals surface area contributed by atoms with E-state index in [1.807, 2.05) is 59.4 Å². The number of aliphatic carboxylic acids is 1. The molecule has 5 nitrogen and oxygen atoms in total. The molecule has 2 heterocycles. The van der Waals surface area contributed by atoms with Crippen molar-refractivity contribution in [3.63, 3.8) is 0 Å². The van der Waals surface area contributed by atoms with Crippen LogP contribution < -0.4 is 0 Å². The third-order valence-corrected chi connectivity index (χ3v) is 3.46. The minimum absolute atomic E-state index is 0.625. The van der Waals surface area contributed by atoms with Crippen molar-refractivity contribution in [2.45, 2.75) is 12.8 Å². The fraction of sp³-hybridized carbons (Fsp3) is 0.125. The molecule has 0 aliphatic heterocycles. The molecule has 1 N–H and O–H groups in total. The number of carboxylic acid groups (broad SMARTS) is 1. The van der Waals surface area contributed by atoms with Crippen LogP contribution in [-0.2, 0) is 4.79 Å². The Morgan fingerprint density at radius 2 is 1.81 bits per heavy atom. The van der Waals surface area contributed by atoms with Crippen molar-refractivity contribution in [1.29, 1.82) is 0 Å². The normalized spacial score (nSPS) is 12.2. The Kier molecular flexibility index (Phi) is 3.31. The molecule has 1 atom stereocenters. The predicted molar refractivity (Wildman–Crippen MR) is 78.9 cm³/mol. The van der Waals surface area contributed by atoms with Crippen molar-refractivity contribution in [3.8, 4) is 11.5 Å². The zero-order valence-corrected chi connectivity index (χ0v) is 11.5. The third-order valence-electron chi connectivity index (χ3n) is 3.46. The smallest absolute Gasteiger partial charge is 0.310 e. The van der Waals surface area contributed by atoms with Crippen molar-refractivity contribution in [2.75, 3.05) is 0 Å². The molecule has 1 aromatic carbocycles. The van der Waals surface area contributed by atoms with Gasteiger partial charge >= 0.3 is 5.97 Å². The van der Waals surface area contributed by atoms with E-state index < -0.39 is 11.9 Å². The molecule has 0 saturated heterocycles. The number of hydrogen-bond donors (Lipinski definition) is 1. The topological polar surface area (TPSA) is 60.0 Å². The second-order valence-electron chi connectivity index (χ2n) is 4.82. The van der Waals surface area contributed by atoms with Crippen LogP contribution in [0.15, 0.2) is 61.1 Å². The fourth-order valence-electron chi connectivity index (χ4n) is 2.29. The van der Waals surface area contributed by atoms with Crippen molar-refractivity contribution in [2.24, 2.45) is 0 Å². The quantitative estimate of drug-likeness (QED) is 0.800. The highest BCUT2D eigenvalue weighted by Gasteiger charge is 2.23. The SMILES string of the molecule is C[C@H](C(=O)O)c1cnn(-c2ccccc2)c1-n1cccc1. The highest BCUT2D eigenvalue weighted by atomic mass is 16.4. The van der Waals surface area contributed by atoms with E-state index >= 15 is 0 Å². The van der Waals surface area contributed by atoms with E-state index in [0.717, 1.165) is 11.5 Å². The van der Waals surface area contributed by atoms with Gasteiger partial charge in [0, 0.05) is 18.0 Å². The number of carboxylic acids is 1. The van der Waals surface area contributed by atoms with Crippen LogP contribution >= 0.6 is 0 Å². The molecule has 5 heteroatoms. The summed E-state index contributed by atoms with van der Waals surface area (Å²) in [7, 11) is 0. The summed E-state index contributed by atoms with van der Waals surface area (Å²) in [6.07, 6.45) is 5.39. The molecule has 0 aliphatic rings. The molecule has 0 fully saturated rings. The van der Waals surface area contributed by atoms with Crippen LogP contribution in [0, 0.1) is 0 Å². The molecule has 2 aromatic heterocycles. The third kappa shape index (κ3) is 2.33. The lowest BCUT2D eigenvalue weighted by molar-refractivity contribution is -0.138. The summed E-state index contributed by atoms with van der Waals surface area (Å²) in [5, 5.41) is 13.7. The number of benzene rings is 1. The Morgan fingerprint density at radius 1 is 1.14 bits per heavy atom. The molecule has 21 heavy (non-hydrogen) atoms. The monoisotopic (exact) mass is 281 g/mol. The van der Waals surface area contributed by atoms with E-state index in [9.17, 15) is 9.90 Å². The highest BCUT2D eigenvalue weighted by Crippen LogP contribution is 2.26. The Hall–Kier alpha value is -2.82. The highest BCUT2D eigenvalue weighted by molar-refractivity contribution is 5.77. The summed E-state index contributed by atoms with van der Waals surface area (Å²) >= 11 is 0. The van der Waals surface area contributed by atoms with Crippen LogP contribution in [0.2, 0.25) is 0 Å². The fourth-order valence-corrected chi connectivity index (χ4v) is 2.29. The average Bonchev–Trinajstić information content (AvgIpc) is 3.16. The van der Waals surface area contributed by atoms with Crippen molar-refractivity contribution in [3.05, 3.63) is 66.6 Å². The lowest BCUT2D eigenvalue weighted by atomic mass is 10.0. The van der Waals surface area contributed by atoms with Gasteiger partial charge in [0.1, 0.15) is 5.82 Å². The second kappa shape index (κ2) is 5.28. The largest absolute Gasteiger partial charge is 0.481 e. The number of aromatic nitrogens is 3. The summed E-state index contributed by atoms with van der Waals surface area (Å²) < 4.78 is 3.64. The molecule has 3 rings (SSSR count). The van der Waals surface area contributed by atoms with Crippen molar-refractivity contribution < 1.29 is 9.90 Å². The number of carbonyl (C=O) groups is 1. The van der Waals surface area contributed by atoms with Gasteiger partial charge in [0.05, 0.1) is 17.8 Å². The number of para-hydroxylation sites is 1. The van der Waals surface area contributed by atoms with Crippen LogP contribution in [0.5, 0.6) is 0 Å². The number of rotatable bonds is 4. The molecule has 0 aliphatic carbocycles. The summed E-state index contributed by atoms with van der Waals surface area (Å²) in [5.41, 5.74) is 1.58. The first-order chi connectivity index (χ1) is 10.2. The van der Waals surface area contributed by atoms with Crippen LogP contribution in [0.1, 0.15) is 18.4 Å². The van der Waals surface area contributed by atoms with Crippen LogP contribution in [-0.4, -0.2) is 25.4 Å². The lowest BCUT2D eigenvalue weighted by Crippen LogP contribution is -2.11. The van der Waals surface area contributed by atoms with E-state index in [1.165, 1.54) is 0 Å². The first kappa shape index (κ1) is 13.2. The number of nitrogens with zero attached hydrogens (tertiary/aromatic N) is 3. The zero-order valence-electron chi connectivity index (χ0n) is 11.5. The Bertz CT molecular complexity index is 745. The molecule has 0 unspecified atom stereocenters. The molecule has 0 radical (unpaired) electrons. The lowest BCUT2D eigenvalue weighted by Gasteiger charge is -2.12. The Labute approximate surface area is 122 Å². The minimum atomic E-state index is -0.865. The molecular formula is C16H15N3O2. The number of hydrogen-bond acceptors (Lipinski definition) is 2. The minimum Gasteiger partial charge on any atom is -0.481 e. The van der Waals surface area contributed by atoms with Crippen LogP contribution in [0.3, 0.4) is 0 Å². The molecule has 3 aromatic rings. The van der Waals surface area contributed by atoms with Gasteiger partial charge in [0.15, 0.2) is 0 Å². The van der Waals surface area contributed by atoms with E-state index in [1.54, 1.807) is 17.8 Å². The molecule has 106 valence electrons. The first-order valence-corrected chi connectivity index (χ1v) is 6.68. The second-order valence-corrected chi connectivity index (χ2v) is 4.82. The van der Waals surface area contributed by atoms with Crippen LogP contribution in [0.4, 0.5) is 0 Å². The predicted octanol–water partition coefficient (Wildman–Crippen LogP) is 2.85. The van der Waals surface area contributed by atoms with Gasteiger partial charge in [-0.2, -0.15) is 5.10 Å². The standard InChI is InChI=1S/C16H15N3O2/c1-12(16(20)21)14-11-17-19(13-7-3-2-4-8-13)15(14)18-9-5-6-10-18/h2-12H,1H3,(H,20,21)/t12-/m0/s1. The van der Waals surface area contributed by atoms with E-state index in [4.69, 9.17) is 0 Å². The molecule has 0 amide bonds. The van der Waals surface area contributed by atoms with Crippen molar-refractivity contribution >= 4 is 5.97 Å². The Balaban J connectivity index is 2.21. The molecule has 0 saturated carbocycles. The van der Waals surface area contributed by atoms with Gasteiger partial charge < -0.3 is 9.67 Å². The van der Waals surface area contributed by atoms with E-state index in [0.29, 0.717) is 5.56 Å². The van der Waals surface area contributed by atoms with Gasteiger partial charge in [-0.25, -0.2) is 4.68 Å².